The minimum absolute atomic E-state index is 0.0159. The van der Waals surface area contributed by atoms with E-state index in [4.69, 9.17) is 0 Å². The average molecular weight is 218 g/mol. The van der Waals surface area contributed by atoms with Crippen molar-refractivity contribution in [3.63, 3.8) is 0 Å². The maximum absolute atomic E-state index is 13.1. The number of carbonyl (C=O) groups is 1. The third-order valence-electron chi connectivity index (χ3n) is 3.13. The fourth-order valence-electron chi connectivity index (χ4n) is 2.24. The minimum Gasteiger partial charge on any atom is -0.350 e. The number of aromatic nitrogens is 1. The van der Waals surface area contributed by atoms with E-state index < -0.39 is 0 Å². The van der Waals surface area contributed by atoms with Crippen molar-refractivity contribution in [1.82, 2.24) is 9.88 Å². The van der Waals surface area contributed by atoms with Crippen LogP contribution in [0.5, 0.6) is 0 Å². The van der Waals surface area contributed by atoms with Crippen LogP contribution in [-0.4, -0.2) is 29.4 Å². The summed E-state index contributed by atoms with van der Waals surface area (Å²) in [6.07, 6.45) is 0.823. The van der Waals surface area contributed by atoms with Crippen molar-refractivity contribution in [2.75, 3.05) is 13.6 Å². The Hall–Kier alpha value is -1.84. The molecule has 1 aliphatic heterocycles. The number of nitrogens with one attached hydrogen (secondary N) is 1. The summed E-state index contributed by atoms with van der Waals surface area (Å²) in [7, 11) is 1.78. The predicted octanol–water partition coefficient (Wildman–Crippen LogP) is 1.94. The Morgan fingerprint density at radius 2 is 2.25 bits per heavy atom. The molecule has 82 valence electrons. The lowest BCUT2D eigenvalue weighted by Crippen LogP contribution is -2.33. The number of benzene rings is 1. The molecule has 2 heterocycles. The molecule has 1 N–H and O–H groups in total. The summed E-state index contributed by atoms with van der Waals surface area (Å²) < 4.78 is 13.1. The monoisotopic (exact) mass is 218 g/mol. The van der Waals surface area contributed by atoms with Gasteiger partial charge in [-0.25, -0.2) is 4.39 Å². The number of rotatable bonds is 0. The average Bonchev–Trinajstić information content (AvgIpc) is 2.62. The van der Waals surface area contributed by atoms with E-state index in [9.17, 15) is 9.18 Å². The van der Waals surface area contributed by atoms with E-state index in [1.54, 1.807) is 18.0 Å². The van der Waals surface area contributed by atoms with Crippen molar-refractivity contribution in [3.8, 4) is 0 Å². The lowest BCUT2D eigenvalue weighted by molar-refractivity contribution is 0.0776. The first-order valence-electron chi connectivity index (χ1n) is 5.22. The Morgan fingerprint density at radius 1 is 1.44 bits per heavy atom. The number of fused-ring (bicyclic) bond motifs is 3. The molecule has 0 bridgehead atoms. The Balaban J connectivity index is 2.30. The predicted molar refractivity (Wildman–Crippen MR) is 58.9 cm³/mol. The molecule has 3 rings (SSSR count). The number of aromatic amines is 1. The molecule has 1 amide bonds. The van der Waals surface area contributed by atoms with Gasteiger partial charge in [0.2, 0.25) is 0 Å². The number of hydrogen-bond acceptors (Lipinski definition) is 1. The Bertz CT molecular complexity index is 588. The molecule has 0 spiro atoms. The molecule has 16 heavy (non-hydrogen) atoms. The zero-order chi connectivity index (χ0) is 11.3. The van der Waals surface area contributed by atoms with E-state index in [1.807, 2.05) is 0 Å². The van der Waals surface area contributed by atoms with E-state index in [-0.39, 0.29) is 11.7 Å². The molecule has 0 radical (unpaired) electrons. The normalized spacial score (nSPS) is 15.6. The van der Waals surface area contributed by atoms with E-state index in [0.717, 1.165) is 23.9 Å². The highest BCUT2D eigenvalue weighted by atomic mass is 19.1. The van der Waals surface area contributed by atoms with Gasteiger partial charge in [0, 0.05) is 24.5 Å². The summed E-state index contributed by atoms with van der Waals surface area (Å²) >= 11 is 0. The lowest BCUT2D eigenvalue weighted by Gasteiger charge is -2.22. The summed E-state index contributed by atoms with van der Waals surface area (Å²) in [6, 6.07) is 4.60. The zero-order valence-electron chi connectivity index (χ0n) is 8.88. The Labute approximate surface area is 91.9 Å². The molecule has 0 saturated carbocycles. The topological polar surface area (TPSA) is 36.1 Å². The third kappa shape index (κ3) is 1.16. The van der Waals surface area contributed by atoms with Crippen LogP contribution >= 0.6 is 0 Å². The molecule has 0 saturated heterocycles. The van der Waals surface area contributed by atoms with Gasteiger partial charge in [0.15, 0.2) is 0 Å². The number of hydrogen-bond donors (Lipinski definition) is 1. The number of amides is 1. The zero-order valence-corrected chi connectivity index (χ0v) is 8.88. The van der Waals surface area contributed by atoms with Gasteiger partial charge < -0.3 is 9.88 Å². The van der Waals surface area contributed by atoms with Gasteiger partial charge >= 0.3 is 0 Å². The van der Waals surface area contributed by atoms with Crippen LogP contribution in [0.25, 0.3) is 10.9 Å². The smallest absolute Gasteiger partial charge is 0.270 e. The van der Waals surface area contributed by atoms with Crippen molar-refractivity contribution in [1.29, 1.82) is 0 Å². The SMILES string of the molecule is CN1CCc2c([nH]c3cc(F)ccc23)C1=O. The summed E-state index contributed by atoms with van der Waals surface area (Å²) in [5.41, 5.74) is 2.32. The number of carbonyl (C=O) groups excluding carboxylic acids is 1. The molecule has 1 aromatic heterocycles. The Morgan fingerprint density at radius 3 is 3.06 bits per heavy atom. The van der Waals surface area contributed by atoms with Gasteiger partial charge in [-0.1, -0.05) is 0 Å². The van der Waals surface area contributed by atoms with Crippen LogP contribution in [0.4, 0.5) is 4.39 Å². The summed E-state index contributed by atoms with van der Waals surface area (Å²) in [4.78, 5) is 16.6. The van der Waals surface area contributed by atoms with Crippen LogP contribution in [-0.2, 0) is 6.42 Å². The Kier molecular flexibility index (Phi) is 1.80. The number of halogens is 1. The standard InChI is InChI=1S/C12H11FN2O/c1-15-5-4-9-8-3-2-7(13)6-10(8)14-11(9)12(15)16/h2-3,6,14H,4-5H2,1H3. The van der Waals surface area contributed by atoms with Gasteiger partial charge in [0.1, 0.15) is 11.5 Å². The van der Waals surface area contributed by atoms with Crippen LogP contribution < -0.4 is 0 Å². The first-order valence-corrected chi connectivity index (χ1v) is 5.22. The van der Waals surface area contributed by atoms with Gasteiger partial charge in [-0.05, 0) is 30.2 Å². The maximum Gasteiger partial charge on any atom is 0.270 e. The minimum atomic E-state index is -0.285. The highest BCUT2D eigenvalue weighted by Crippen LogP contribution is 2.27. The quantitative estimate of drug-likeness (QED) is 0.720. The highest BCUT2D eigenvalue weighted by molar-refractivity contribution is 6.02. The van der Waals surface area contributed by atoms with Crippen molar-refractivity contribution in [2.24, 2.45) is 0 Å². The number of H-pyrrole nitrogens is 1. The van der Waals surface area contributed by atoms with Gasteiger partial charge in [0.05, 0.1) is 0 Å². The molecule has 1 aliphatic rings. The van der Waals surface area contributed by atoms with E-state index in [1.165, 1.54) is 12.1 Å². The van der Waals surface area contributed by atoms with E-state index in [2.05, 4.69) is 4.98 Å². The fourth-order valence-corrected chi connectivity index (χ4v) is 2.24. The molecular formula is C12H11FN2O. The first-order chi connectivity index (χ1) is 7.66. The number of likely N-dealkylation sites (N-methyl/N-ethyl adjacent to an activating group) is 1. The molecule has 0 fully saturated rings. The van der Waals surface area contributed by atoms with Crippen LogP contribution in [0.15, 0.2) is 18.2 Å². The molecule has 0 atom stereocenters. The second-order valence-electron chi connectivity index (χ2n) is 4.15. The van der Waals surface area contributed by atoms with Gasteiger partial charge in [-0.3, -0.25) is 4.79 Å². The van der Waals surface area contributed by atoms with Gasteiger partial charge in [-0.2, -0.15) is 0 Å². The van der Waals surface area contributed by atoms with Crippen LogP contribution in [0.3, 0.4) is 0 Å². The molecule has 0 aliphatic carbocycles. The van der Waals surface area contributed by atoms with Crippen LogP contribution in [0, 0.1) is 5.82 Å². The molecular weight excluding hydrogens is 207 g/mol. The van der Waals surface area contributed by atoms with Crippen molar-refractivity contribution in [2.45, 2.75) is 6.42 Å². The van der Waals surface area contributed by atoms with Gasteiger partial charge in [0.25, 0.3) is 5.91 Å². The second-order valence-corrected chi connectivity index (χ2v) is 4.15. The summed E-state index contributed by atoms with van der Waals surface area (Å²) in [5, 5.41) is 0.956. The van der Waals surface area contributed by atoms with Crippen molar-refractivity contribution >= 4 is 16.8 Å². The second kappa shape index (κ2) is 3.07. The fraction of sp³-hybridized carbons (Fsp3) is 0.250. The van der Waals surface area contributed by atoms with Crippen molar-refractivity contribution < 1.29 is 9.18 Å². The maximum atomic E-state index is 13.1. The lowest BCUT2D eigenvalue weighted by atomic mass is 10.0. The van der Waals surface area contributed by atoms with E-state index in [0.29, 0.717) is 11.2 Å². The molecule has 2 aromatic rings. The van der Waals surface area contributed by atoms with Gasteiger partial charge in [-0.15, -0.1) is 0 Å². The largest absolute Gasteiger partial charge is 0.350 e. The highest BCUT2D eigenvalue weighted by Gasteiger charge is 2.25. The molecule has 1 aromatic carbocycles. The molecule has 4 heteroatoms. The molecule has 0 unspecified atom stereocenters. The molecule has 3 nitrogen and oxygen atoms in total. The van der Waals surface area contributed by atoms with Crippen molar-refractivity contribution in [3.05, 3.63) is 35.3 Å². The van der Waals surface area contributed by atoms with Crippen LogP contribution in [0.2, 0.25) is 0 Å². The summed E-state index contributed by atoms with van der Waals surface area (Å²) in [6.45, 7) is 0.718. The first kappa shape index (κ1) is 9.39. The number of nitrogens with zero attached hydrogens (tertiary/aromatic N) is 1. The summed E-state index contributed by atoms with van der Waals surface area (Å²) in [5.74, 6) is -0.301. The van der Waals surface area contributed by atoms with Crippen LogP contribution in [0.1, 0.15) is 16.1 Å². The van der Waals surface area contributed by atoms with E-state index >= 15 is 0 Å². The third-order valence-corrected chi connectivity index (χ3v) is 3.13.